The van der Waals surface area contributed by atoms with Gasteiger partial charge in [0.2, 0.25) is 0 Å². The summed E-state index contributed by atoms with van der Waals surface area (Å²) in [5, 5.41) is 3.06. The van der Waals surface area contributed by atoms with Crippen LogP contribution in [0, 0.1) is 6.92 Å². The van der Waals surface area contributed by atoms with Crippen molar-refractivity contribution < 1.29 is 9.21 Å². The van der Waals surface area contributed by atoms with Gasteiger partial charge in [-0.25, -0.2) is 0 Å². The van der Waals surface area contributed by atoms with Crippen LogP contribution in [0.3, 0.4) is 0 Å². The zero-order chi connectivity index (χ0) is 16.9. The van der Waals surface area contributed by atoms with E-state index in [1.54, 1.807) is 6.26 Å². The molecule has 6 heteroatoms. The predicted molar refractivity (Wildman–Crippen MR) is 101 cm³/mol. The largest absolute Gasteiger partial charge is 0.468 e. The van der Waals surface area contributed by atoms with Crippen molar-refractivity contribution in [1.82, 2.24) is 15.1 Å². The standard InChI is InChI=1S/C19H25N3O2.ClH/c1-15-5-7-16(8-6-15)19(23)20-14-17(18-4-3-13-24-18)22-11-9-21(2)10-12-22;/h3-8,13,17H,9-12,14H2,1-2H3,(H,20,23);1H. The third kappa shape index (κ3) is 5.08. The maximum Gasteiger partial charge on any atom is 0.251 e. The molecule has 5 nitrogen and oxygen atoms in total. The number of hydrogen-bond acceptors (Lipinski definition) is 4. The van der Waals surface area contributed by atoms with Gasteiger partial charge < -0.3 is 14.6 Å². The number of aryl methyl sites for hydroxylation is 1. The third-order valence-electron chi connectivity index (χ3n) is 4.62. The highest BCUT2D eigenvalue weighted by atomic mass is 35.5. The fourth-order valence-corrected chi connectivity index (χ4v) is 3.02. The summed E-state index contributed by atoms with van der Waals surface area (Å²) >= 11 is 0. The Labute approximate surface area is 155 Å². The summed E-state index contributed by atoms with van der Waals surface area (Å²) in [5.74, 6) is 0.865. The Balaban J connectivity index is 0.00000225. The molecule has 0 bridgehead atoms. The molecule has 1 fully saturated rings. The van der Waals surface area contributed by atoms with E-state index in [0.29, 0.717) is 12.1 Å². The summed E-state index contributed by atoms with van der Waals surface area (Å²) < 4.78 is 5.62. The van der Waals surface area contributed by atoms with Crippen LogP contribution < -0.4 is 5.32 Å². The minimum absolute atomic E-state index is 0. The van der Waals surface area contributed by atoms with Gasteiger partial charge in [-0.1, -0.05) is 17.7 Å². The van der Waals surface area contributed by atoms with Crippen LogP contribution in [-0.2, 0) is 0 Å². The van der Waals surface area contributed by atoms with Crippen LogP contribution in [0.15, 0.2) is 47.1 Å². The molecule has 3 rings (SSSR count). The molecule has 0 radical (unpaired) electrons. The van der Waals surface area contributed by atoms with Crippen molar-refractivity contribution >= 4 is 18.3 Å². The Morgan fingerprint density at radius 3 is 2.44 bits per heavy atom. The molecule has 25 heavy (non-hydrogen) atoms. The van der Waals surface area contributed by atoms with E-state index in [1.807, 2.05) is 43.3 Å². The molecular formula is C19H26ClN3O2. The van der Waals surface area contributed by atoms with Gasteiger partial charge in [0.05, 0.1) is 12.3 Å². The Morgan fingerprint density at radius 1 is 1.16 bits per heavy atom. The van der Waals surface area contributed by atoms with Crippen LogP contribution in [0.4, 0.5) is 0 Å². The number of carbonyl (C=O) groups excluding carboxylic acids is 1. The van der Waals surface area contributed by atoms with Crippen molar-refractivity contribution in [3.8, 4) is 0 Å². The number of hydrogen-bond donors (Lipinski definition) is 1. The summed E-state index contributed by atoms with van der Waals surface area (Å²) in [6.45, 7) is 6.57. The van der Waals surface area contributed by atoms with E-state index < -0.39 is 0 Å². The summed E-state index contributed by atoms with van der Waals surface area (Å²) in [4.78, 5) is 17.1. The lowest BCUT2D eigenvalue weighted by molar-refractivity contribution is 0.0851. The minimum atomic E-state index is -0.0410. The normalized spacial score (nSPS) is 16.9. The predicted octanol–water partition coefficient (Wildman–Crippen LogP) is 2.73. The van der Waals surface area contributed by atoms with E-state index >= 15 is 0 Å². The molecule has 1 unspecified atom stereocenters. The van der Waals surface area contributed by atoms with Gasteiger partial charge in [0, 0.05) is 38.3 Å². The number of furan rings is 1. The molecule has 1 aromatic carbocycles. The average Bonchev–Trinajstić information content (AvgIpc) is 3.11. The summed E-state index contributed by atoms with van der Waals surface area (Å²) in [7, 11) is 2.14. The SMILES string of the molecule is Cc1ccc(C(=O)NCC(c2ccco2)N2CCN(C)CC2)cc1.Cl. The summed E-state index contributed by atoms with van der Waals surface area (Å²) in [6.07, 6.45) is 1.69. The van der Waals surface area contributed by atoms with E-state index in [1.165, 1.54) is 0 Å². The first-order valence-electron chi connectivity index (χ1n) is 8.44. The first-order valence-corrected chi connectivity index (χ1v) is 8.44. The number of nitrogens with zero attached hydrogens (tertiary/aromatic N) is 2. The Bertz CT molecular complexity index is 650. The quantitative estimate of drug-likeness (QED) is 0.887. The Hall–Kier alpha value is -1.82. The maximum absolute atomic E-state index is 12.4. The second-order valence-electron chi connectivity index (χ2n) is 6.45. The zero-order valence-electron chi connectivity index (χ0n) is 14.8. The van der Waals surface area contributed by atoms with Crippen molar-refractivity contribution in [2.75, 3.05) is 39.8 Å². The minimum Gasteiger partial charge on any atom is -0.468 e. The lowest BCUT2D eigenvalue weighted by Crippen LogP contribution is -2.48. The van der Waals surface area contributed by atoms with Gasteiger partial charge in [-0.05, 0) is 38.2 Å². The van der Waals surface area contributed by atoms with Gasteiger partial charge in [-0.15, -0.1) is 12.4 Å². The second kappa shape index (κ2) is 9.04. The molecule has 0 saturated carbocycles. The Kier molecular flexibility index (Phi) is 7.05. The number of benzene rings is 1. The lowest BCUT2D eigenvalue weighted by atomic mass is 10.1. The van der Waals surface area contributed by atoms with Crippen LogP contribution in [0.1, 0.15) is 27.7 Å². The lowest BCUT2D eigenvalue weighted by Gasteiger charge is -2.37. The molecule has 1 saturated heterocycles. The van der Waals surface area contributed by atoms with Crippen molar-refractivity contribution in [2.45, 2.75) is 13.0 Å². The molecule has 1 amide bonds. The Morgan fingerprint density at radius 2 is 1.84 bits per heavy atom. The van der Waals surface area contributed by atoms with Crippen LogP contribution in [-0.4, -0.2) is 55.5 Å². The van der Waals surface area contributed by atoms with Crippen LogP contribution in [0.2, 0.25) is 0 Å². The van der Waals surface area contributed by atoms with Crippen molar-refractivity contribution in [3.05, 3.63) is 59.5 Å². The van der Waals surface area contributed by atoms with Crippen LogP contribution in [0.5, 0.6) is 0 Å². The van der Waals surface area contributed by atoms with E-state index in [9.17, 15) is 4.79 Å². The number of likely N-dealkylation sites (N-methyl/N-ethyl adjacent to an activating group) is 1. The molecule has 1 atom stereocenters. The molecule has 1 aliphatic heterocycles. The molecule has 1 aliphatic rings. The van der Waals surface area contributed by atoms with E-state index in [-0.39, 0.29) is 24.4 Å². The van der Waals surface area contributed by atoms with Gasteiger partial charge >= 0.3 is 0 Å². The fourth-order valence-electron chi connectivity index (χ4n) is 3.02. The highest BCUT2D eigenvalue weighted by molar-refractivity contribution is 5.94. The van der Waals surface area contributed by atoms with E-state index in [0.717, 1.165) is 37.5 Å². The molecular weight excluding hydrogens is 338 g/mol. The third-order valence-corrected chi connectivity index (χ3v) is 4.62. The van der Waals surface area contributed by atoms with Gasteiger partial charge in [0.1, 0.15) is 5.76 Å². The maximum atomic E-state index is 12.4. The molecule has 136 valence electrons. The van der Waals surface area contributed by atoms with Gasteiger partial charge in [0.25, 0.3) is 5.91 Å². The van der Waals surface area contributed by atoms with Crippen LogP contribution >= 0.6 is 12.4 Å². The second-order valence-corrected chi connectivity index (χ2v) is 6.45. The molecule has 0 aliphatic carbocycles. The van der Waals surface area contributed by atoms with Crippen LogP contribution in [0.25, 0.3) is 0 Å². The molecule has 1 N–H and O–H groups in total. The smallest absolute Gasteiger partial charge is 0.251 e. The number of carbonyl (C=O) groups is 1. The fraction of sp³-hybridized carbons (Fsp3) is 0.421. The summed E-state index contributed by atoms with van der Waals surface area (Å²) in [5.41, 5.74) is 1.84. The van der Waals surface area contributed by atoms with E-state index in [2.05, 4.69) is 22.2 Å². The number of nitrogens with one attached hydrogen (secondary N) is 1. The first kappa shape index (κ1) is 19.5. The number of amides is 1. The highest BCUT2D eigenvalue weighted by Crippen LogP contribution is 2.22. The molecule has 2 aromatic rings. The highest BCUT2D eigenvalue weighted by Gasteiger charge is 2.26. The van der Waals surface area contributed by atoms with Crippen molar-refractivity contribution in [3.63, 3.8) is 0 Å². The zero-order valence-corrected chi connectivity index (χ0v) is 15.6. The molecule has 1 aromatic heterocycles. The van der Waals surface area contributed by atoms with E-state index in [4.69, 9.17) is 4.42 Å². The number of halogens is 1. The first-order chi connectivity index (χ1) is 11.6. The monoisotopic (exact) mass is 363 g/mol. The summed E-state index contributed by atoms with van der Waals surface area (Å²) in [6, 6.07) is 11.6. The van der Waals surface area contributed by atoms with Gasteiger partial charge in [-0.2, -0.15) is 0 Å². The topological polar surface area (TPSA) is 48.7 Å². The average molecular weight is 364 g/mol. The number of piperazine rings is 1. The molecule has 0 spiro atoms. The number of rotatable bonds is 5. The van der Waals surface area contributed by atoms with Crippen molar-refractivity contribution in [1.29, 1.82) is 0 Å². The molecule has 2 heterocycles. The van der Waals surface area contributed by atoms with Gasteiger partial charge in [0.15, 0.2) is 0 Å². The van der Waals surface area contributed by atoms with Gasteiger partial charge in [-0.3, -0.25) is 9.69 Å². The van der Waals surface area contributed by atoms with Crippen molar-refractivity contribution in [2.24, 2.45) is 0 Å².